The van der Waals surface area contributed by atoms with Crippen molar-refractivity contribution in [2.75, 3.05) is 23.8 Å². The fourth-order valence-corrected chi connectivity index (χ4v) is 2.12. The molecule has 2 N–H and O–H groups in total. The highest BCUT2D eigenvalue weighted by Crippen LogP contribution is 2.18. The van der Waals surface area contributed by atoms with Crippen molar-refractivity contribution in [3.63, 3.8) is 0 Å². The molecule has 0 heterocycles. The molecule has 2 aromatic carbocycles. The number of hydrogen-bond donors (Lipinski definition) is 2. The van der Waals surface area contributed by atoms with E-state index in [2.05, 4.69) is 10.6 Å². The molecule has 6 nitrogen and oxygen atoms in total. The van der Waals surface area contributed by atoms with Gasteiger partial charge in [0.2, 0.25) is 11.8 Å². The van der Waals surface area contributed by atoms with E-state index in [-0.39, 0.29) is 24.8 Å². The summed E-state index contributed by atoms with van der Waals surface area (Å²) in [5.74, 6) is 1.20. The van der Waals surface area contributed by atoms with Gasteiger partial charge in [0.15, 0.2) is 0 Å². The molecule has 0 unspecified atom stereocenters. The van der Waals surface area contributed by atoms with E-state index in [0.29, 0.717) is 23.7 Å². The predicted molar refractivity (Wildman–Crippen MR) is 97.1 cm³/mol. The lowest BCUT2D eigenvalue weighted by molar-refractivity contribution is -0.116. The lowest BCUT2D eigenvalue weighted by atomic mass is 10.2. The van der Waals surface area contributed by atoms with Gasteiger partial charge in [-0.2, -0.15) is 0 Å². The summed E-state index contributed by atoms with van der Waals surface area (Å²) in [5, 5.41) is 5.45. The first-order valence-electron chi connectivity index (χ1n) is 8.10. The molecule has 0 spiro atoms. The Morgan fingerprint density at radius 3 is 1.88 bits per heavy atom. The monoisotopic (exact) mass is 342 g/mol. The summed E-state index contributed by atoms with van der Waals surface area (Å²) in [6.45, 7) is 4.27. The number of hydrogen-bond acceptors (Lipinski definition) is 4. The maximum atomic E-state index is 11.9. The first kappa shape index (κ1) is 18.3. The lowest BCUT2D eigenvalue weighted by Gasteiger charge is -2.09. The van der Waals surface area contributed by atoms with Gasteiger partial charge in [-0.1, -0.05) is 0 Å². The van der Waals surface area contributed by atoms with Crippen LogP contribution in [0.4, 0.5) is 11.4 Å². The fraction of sp³-hybridized carbons (Fsp3) is 0.263. The first-order chi connectivity index (χ1) is 12.1. The van der Waals surface area contributed by atoms with Gasteiger partial charge in [0.25, 0.3) is 0 Å². The summed E-state index contributed by atoms with van der Waals surface area (Å²) >= 11 is 0. The Labute approximate surface area is 147 Å². The molecule has 2 amide bonds. The van der Waals surface area contributed by atoms with E-state index in [1.165, 1.54) is 6.92 Å². The van der Waals surface area contributed by atoms with Crippen LogP contribution in [0, 0.1) is 0 Å². The normalized spacial score (nSPS) is 10.0. The van der Waals surface area contributed by atoms with Crippen LogP contribution >= 0.6 is 0 Å². The molecule has 0 saturated heterocycles. The molecule has 132 valence electrons. The number of carbonyl (C=O) groups excluding carboxylic acids is 2. The van der Waals surface area contributed by atoms with Crippen molar-refractivity contribution in [2.45, 2.75) is 20.3 Å². The minimum Gasteiger partial charge on any atom is -0.494 e. The van der Waals surface area contributed by atoms with Crippen LogP contribution in [-0.4, -0.2) is 25.0 Å². The van der Waals surface area contributed by atoms with Gasteiger partial charge >= 0.3 is 0 Å². The number of amides is 2. The fourth-order valence-electron chi connectivity index (χ4n) is 2.12. The van der Waals surface area contributed by atoms with Crippen LogP contribution in [0.3, 0.4) is 0 Å². The molecule has 0 saturated carbocycles. The van der Waals surface area contributed by atoms with Gasteiger partial charge in [0.05, 0.1) is 19.6 Å². The van der Waals surface area contributed by atoms with Gasteiger partial charge in [-0.25, -0.2) is 0 Å². The highest BCUT2D eigenvalue weighted by molar-refractivity contribution is 5.92. The zero-order valence-electron chi connectivity index (χ0n) is 14.4. The zero-order chi connectivity index (χ0) is 18.1. The lowest BCUT2D eigenvalue weighted by Crippen LogP contribution is -2.15. The van der Waals surface area contributed by atoms with Crippen molar-refractivity contribution in [1.82, 2.24) is 0 Å². The molecule has 0 aliphatic carbocycles. The Hall–Kier alpha value is -3.02. The van der Waals surface area contributed by atoms with E-state index in [1.54, 1.807) is 24.3 Å². The van der Waals surface area contributed by atoms with Crippen LogP contribution in [0.15, 0.2) is 48.5 Å². The molecule has 0 atom stereocenters. The van der Waals surface area contributed by atoms with Crippen LogP contribution in [-0.2, 0) is 9.59 Å². The molecule has 0 aromatic heterocycles. The largest absolute Gasteiger partial charge is 0.494 e. The number of anilines is 2. The predicted octanol–water partition coefficient (Wildman–Crippen LogP) is 3.45. The Kier molecular flexibility index (Phi) is 6.83. The topological polar surface area (TPSA) is 76.7 Å². The molecular formula is C19H22N2O4. The second kappa shape index (κ2) is 9.32. The SMILES string of the molecule is CCOc1ccc(OCCC(=O)Nc2ccc(NC(C)=O)cc2)cc1. The number of nitrogens with one attached hydrogen (secondary N) is 2. The number of carbonyl (C=O) groups is 2. The summed E-state index contributed by atoms with van der Waals surface area (Å²) in [4.78, 5) is 22.9. The average Bonchev–Trinajstić information content (AvgIpc) is 2.58. The molecule has 0 aliphatic heterocycles. The van der Waals surface area contributed by atoms with E-state index in [0.717, 1.165) is 5.75 Å². The van der Waals surface area contributed by atoms with Crippen molar-refractivity contribution in [3.05, 3.63) is 48.5 Å². The molecule has 0 radical (unpaired) electrons. The van der Waals surface area contributed by atoms with Crippen LogP contribution in [0.5, 0.6) is 11.5 Å². The molecule has 6 heteroatoms. The number of benzene rings is 2. The number of ether oxygens (including phenoxy) is 2. The van der Waals surface area contributed by atoms with E-state index >= 15 is 0 Å². The Balaban J connectivity index is 1.74. The van der Waals surface area contributed by atoms with Gasteiger partial charge in [0, 0.05) is 18.3 Å². The standard InChI is InChI=1S/C19H22N2O4/c1-3-24-17-8-10-18(11-9-17)25-13-12-19(23)21-16-6-4-15(5-7-16)20-14(2)22/h4-11H,3,12-13H2,1-2H3,(H,20,22)(H,21,23). The molecule has 2 rings (SSSR count). The third kappa shape index (κ3) is 6.55. The summed E-state index contributed by atoms with van der Waals surface area (Å²) in [7, 11) is 0. The van der Waals surface area contributed by atoms with Crippen molar-refractivity contribution in [1.29, 1.82) is 0 Å². The average molecular weight is 342 g/mol. The van der Waals surface area contributed by atoms with Gasteiger partial charge in [-0.15, -0.1) is 0 Å². The van der Waals surface area contributed by atoms with Crippen molar-refractivity contribution < 1.29 is 19.1 Å². The van der Waals surface area contributed by atoms with Gasteiger partial charge in [-0.3, -0.25) is 9.59 Å². The van der Waals surface area contributed by atoms with Crippen molar-refractivity contribution >= 4 is 23.2 Å². The quantitative estimate of drug-likeness (QED) is 0.770. The third-order valence-corrected chi connectivity index (χ3v) is 3.22. The maximum absolute atomic E-state index is 11.9. The van der Waals surface area contributed by atoms with Crippen LogP contribution in [0.25, 0.3) is 0 Å². The molecule has 25 heavy (non-hydrogen) atoms. The molecule has 0 bridgehead atoms. The molecule has 0 fully saturated rings. The summed E-state index contributed by atoms with van der Waals surface area (Å²) < 4.78 is 10.9. The van der Waals surface area contributed by atoms with Crippen LogP contribution in [0.2, 0.25) is 0 Å². The highest BCUT2D eigenvalue weighted by Gasteiger charge is 2.04. The maximum Gasteiger partial charge on any atom is 0.227 e. The summed E-state index contributed by atoms with van der Waals surface area (Å²) in [5.41, 5.74) is 1.35. The Morgan fingerprint density at radius 1 is 0.840 bits per heavy atom. The van der Waals surface area contributed by atoms with Crippen LogP contribution in [0.1, 0.15) is 20.3 Å². The summed E-state index contributed by atoms with van der Waals surface area (Å²) in [6, 6.07) is 14.2. The van der Waals surface area contributed by atoms with E-state index in [9.17, 15) is 9.59 Å². The first-order valence-corrected chi connectivity index (χ1v) is 8.10. The van der Waals surface area contributed by atoms with Crippen molar-refractivity contribution in [3.8, 4) is 11.5 Å². The van der Waals surface area contributed by atoms with Gasteiger partial charge in [-0.05, 0) is 55.5 Å². The number of rotatable bonds is 8. The third-order valence-electron chi connectivity index (χ3n) is 3.22. The Morgan fingerprint density at radius 2 is 1.36 bits per heavy atom. The highest BCUT2D eigenvalue weighted by atomic mass is 16.5. The molecule has 0 aliphatic rings. The second-order valence-corrected chi connectivity index (χ2v) is 5.31. The van der Waals surface area contributed by atoms with E-state index < -0.39 is 0 Å². The van der Waals surface area contributed by atoms with Gasteiger partial charge < -0.3 is 20.1 Å². The van der Waals surface area contributed by atoms with Crippen LogP contribution < -0.4 is 20.1 Å². The zero-order valence-corrected chi connectivity index (χ0v) is 14.4. The van der Waals surface area contributed by atoms with Crippen molar-refractivity contribution in [2.24, 2.45) is 0 Å². The van der Waals surface area contributed by atoms with Gasteiger partial charge in [0.1, 0.15) is 11.5 Å². The smallest absolute Gasteiger partial charge is 0.227 e. The molecular weight excluding hydrogens is 320 g/mol. The molecule has 2 aromatic rings. The minimum atomic E-state index is -0.141. The summed E-state index contributed by atoms with van der Waals surface area (Å²) in [6.07, 6.45) is 0.237. The minimum absolute atomic E-state index is 0.136. The van der Waals surface area contributed by atoms with E-state index in [1.807, 2.05) is 31.2 Å². The Bertz CT molecular complexity index is 696. The second-order valence-electron chi connectivity index (χ2n) is 5.31. The van der Waals surface area contributed by atoms with E-state index in [4.69, 9.17) is 9.47 Å².